The summed E-state index contributed by atoms with van der Waals surface area (Å²) < 4.78 is 14.8. The summed E-state index contributed by atoms with van der Waals surface area (Å²) in [5.74, 6) is 0. The van der Waals surface area contributed by atoms with Gasteiger partial charge in [-0.25, -0.2) is 4.57 Å². The molecular formula is C22H48NaO4P. The third kappa shape index (κ3) is 37.8. The fraction of sp³-hybridized carbons (Fsp3) is 0.955. The second kappa shape index (κ2) is 28.1. The van der Waals surface area contributed by atoms with Crippen LogP contribution in [0.3, 0.4) is 0 Å². The van der Waals surface area contributed by atoms with E-state index in [0.29, 0.717) is 0 Å². The van der Waals surface area contributed by atoms with Gasteiger partial charge in [-0.3, -0.25) is 4.52 Å². The normalized spacial score (nSPS) is 10.9. The number of unbranched alkanes of at least 4 members (excludes halogenated alkanes) is 16. The van der Waals surface area contributed by atoms with Gasteiger partial charge in [0.05, 0.1) is 6.61 Å². The molecule has 0 aliphatic rings. The molecule has 0 aromatic rings. The summed E-state index contributed by atoms with van der Waals surface area (Å²) in [5, 5.41) is 0. The van der Waals surface area contributed by atoms with Crippen LogP contribution in [0.5, 0.6) is 0 Å². The van der Waals surface area contributed by atoms with Crippen LogP contribution >= 0.6 is 7.82 Å². The number of phosphoric ester groups is 1. The molecule has 0 aromatic carbocycles. The summed E-state index contributed by atoms with van der Waals surface area (Å²) in [4.78, 5) is 17.0. The topological polar surface area (TPSA) is 66.8 Å². The van der Waals surface area contributed by atoms with Crippen LogP contribution in [-0.2, 0) is 9.09 Å². The molecule has 0 rings (SSSR count). The van der Waals surface area contributed by atoms with Crippen LogP contribution in [0.1, 0.15) is 129 Å². The molecule has 0 bridgehead atoms. The third-order valence-corrected chi connectivity index (χ3v) is 5.13. The van der Waals surface area contributed by atoms with Crippen LogP contribution in [0.4, 0.5) is 0 Å². The van der Waals surface area contributed by atoms with E-state index in [2.05, 4.69) is 25.3 Å². The van der Waals surface area contributed by atoms with E-state index in [0.717, 1.165) is 25.7 Å². The number of rotatable bonds is 19. The second-order valence-corrected chi connectivity index (χ2v) is 8.72. The first-order valence-corrected chi connectivity index (χ1v) is 13.0. The molecule has 2 N–H and O–H groups in total. The van der Waals surface area contributed by atoms with Gasteiger partial charge in [-0.1, -0.05) is 117 Å². The number of phosphoric acid groups is 1. The maximum atomic E-state index is 10.4. The Balaban J connectivity index is -0.000000771. The molecule has 0 heterocycles. The van der Waals surface area contributed by atoms with Crippen molar-refractivity contribution in [2.45, 2.75) is 129 Å². The SMILES string of the molecule is CCCCCCCCCCCCCCCCOP(=O)(O)O.[CH2-]CCCCC.[Na+]. The van der Waals surface area contributed by atoms with Crippen molar-refractivity contribution in [2.75, 3.05) is 6.61 Å². The number of hydrogen-bond donors (Lipinski definition) is 2. The van der Waals surface area contributed by atoms with Crippen molar-refractivity contribution in [3.8, 4) is 0 Å². The Kier molecular flexibility index (Phi) is 33.9. The van der Waals surface area contributed by atoms with Crippen LogP contribution in [0.25, 0.3) is 0 Å². The van der Waals surface area contributed by atoms with Crippen molar-refractivity contribution >= 4 is 7.82 Å². The summed E-state index contributed by atoms with van der Waals surface area (Å²) in [5.41, 5.74) is 0. The van der Waals surface area contributed by atoms with Crippen molar-refractivity contribution in [3.05, 3.63) is 6.92 Å². The van der Waals surface area contributed by atoms with Crippen molar-refractivity contribution in [1.29, 1.82) is 0 Å². The summed E-state index contributed by atoms with van der Waals surface area (Å²) in [6.07, 6.45) is 22.8. The van der Waals surface area contributed by atoms with Gasteiger partial charge in [0, 0.05) is 0 Å². The van der Waals surface area contributed by atoms with E-state index >= 15 is 0 Å². The van der Waals surface area contributed by atoms with Gasteiger partial charge in [-0.05, 0) is 6.42 Å². The second-order valence-electron chi connectivity index (χ2n) is 7.48. The van der Waals surface area contributed by atoms with Gasteiger partial charge >= 0.3 is 37.4 Å². The Hall–Kier alpha value is 1.11. The van der Waals surface area contributed by atoms with E-state index in [1.54, 1.807) is 0 Å². The van der Waals surface area contributed by atoms with Gasteiger partial charge in [0.1, 0.15) is 0 Å². The van der Waals surface area contributed by atoms with E-state index in [1.165, 1.54) is 89.9 Å². The molecule has 0 radical (unpaired) electrons. The largest absolute Gasteiger partial charge is 1.00 e. The van der Waals surface area contributed by atoms with Crippen molar-refractivity contribution in [1.82, 2.24) is 0 Å². The summed E-state index contributed by atoms with van der Waals surface area (Å²) >= 11 is 0. The van der Waals surface area contributed by atoms with Crippen molar-refractivity contribution in [2.24, 2.45) is 0 Å². The van der Waals surface area contributed by atoms with E-state index in [9.17, 15) is 4.57 Å². The minimum Gasteiger partial charge on any atom is -0.343 e. The van der Waals surface area contributed by atoms with Crippen LogP contribution in [0, 0.1) is 6.92 Å². The fourth-order valence-corrected chi connectivity index (χ4v) is 3.27. The van der Waals surface area contributed by atoms with E-state index < -0.39 is 7.82 Å². The first-order chi connectivity index (χ1) is 13.0. The summed E-state index contributed by atoms with van der Waals surface area (Å²) in [6, 6.07) is 0. The van der Waals surface area contributed by atoms with Gasteiger partial charge in [0.2, 0.25) is 0 Å². The molecule has 0 saturated heterocycles. The Labute approximate surface area is 198 Å². The first-order valence-electron chi connectivity index (χ1n) is 11.5. The maximum absolute atomic E-state index is 10.4. The molecule has 4 nitrogen and oxygen atoms in total. The van der Waals surface area contributed by atoms with E-state index in [1.807, 2.05) is 0 Å². The minimum atomic E-state index is -4.25. The van der Waals surface area contributed by atoms with Gasteiger partial charge in [-0.15, -0.1) is 0 Å². The average molecular weight is 431 g/mol. The predicted molar refractivity (Wildman–Crippen MR) is 118 cm³/mol. The Morgan fingerprint density at radius 3 is 1.25 bits per heavy atom. The minimum absolute atomic E-state index is 0. The molecule has 0 fully saturated rings. The molecule has 0 amide bonds. The zero-order valence-corrected chi connectivity index (χ0v) is 22.2. The molecule has 0 saturated carbocycles. The molecule has 0 aliphatic carbocycles. The van der Waals surface area contributed by atoms with Gasteiger partial charge in [0.15, 0.2) is 0 Å². The Bertz CT molecular complexity index is 307. The summed E-state index contributed by atoms with van der Waals surface area (Å²) in [7, 11) is -4.25. The standard InChI is InChI=1S/C16H35O4P.C6H13.Na/c1-2-3-4-5-6-7-8-9-10-11-12-13-14-15-16-20-21(17,18)19;1-3-5-6-4-2;/h2-16H2,1H3,(H2,17,18,19);1,3-6H2,2H3;/q;-1;+1. The maximum Gasteiger partial charge on any atom is 1.00 e. The van der Waals surface area contributed by atoms with E-state index in [-0.39, 0.29) is 36.2 Å². The van der Waals surface area contributed by atoms with Crippen LogP contribution in [0.15, 0.2) is 0 Å². The zero-order valence-electron chi connectivity index (χ0n) is 19.3. The molecule has 0 aliphatic heterocycles. The monoisotopic (exact) mass is 430 g/mol. The molecule has 6 heteroatoms. The average Bonchev–Trinajstić information content (AvgIpc) is 2.63. The smallest absolute Gasteiger partial charge is 0.343 e. The van der Waals surface area contributed by atoms with Crippen LogP contribution in [-0.4, -0.2) is 16.4 Å². The van der Waals surface area contributed by atoms with Gasteiger partial charge in [-0.2, -0.15) is 6.42 Å². The van der Waals surface area contributed by atoms with E-state index in [4.69, 9.17) is 9.79 Å². The van der Waals surface area contributed by atoms with Gasteiger partial charge < -0.3 is 16.7 Å². The van der Waals surface area contributed by atoms with Crippen molar-refractivity contribution in [3.63, 3.8) is 0 Å². The Morgan fingerprint density at radius 1 is 0.643 bits per heavy atom. The summed E-state index contributed by atoms with van der Waals surface area (Å²) in [6.45, 7) is 8.35. The van der Waals surface area contributed by atoms with Gasteiger partial charge in [0.25, 0.3) is 0 Å². The van der Waals surface area contributed by atoms with Crippen LogP contribution in [0.2, 0.25) is 0 Å². The number of hydrogen-bond acceptors (Lipinski definition) is 2. The Morgan fingerprint density at radius 2 is 0.964 bits per heavy atom. The molecular weight excluding hydrogens is 382 g/mol. The zero-order chi connectivity index (χ0) is 20.6. The quantitative estimate of drug-likeness (QED) is 0.131. The molecule has 28 heavy (non-hydrogen) atoms. The molecule has 0 aromatic heterocycles. The van der Waals surface area contributed by atoms with Crippen molar-refractivity contribution < 1.29 is 48.4 Å². The first kappa shape index (κ1) is 33.7. The third-order valence-electron chi connectivity index (χ3n) is 4.61. The van der Waals surface area contributed by atoms with Crippen LogP contribution < -0.4 is 29.6 Å². The fourth-order valence-electron chi connectivity index (χ4n) is 2.91. The molecule has 0 atom stereocenters. The molecule has 0 unspecified atom stereocenters. The molecule has 166 valence electrons. The molecule has 0 spiro atoms. The predicted octanol–water partition coefficient (Wildman–Crippen LogP) is 4.98.